The normalized spacial score (nSPS) is 11.8. The van der Waals surface area contributed by atoms with Crippen molar-refractivity contribution < 1.29 is 27.1 Å². The van der Waals surface area contributed by atoms with Crippen LogP contribution in [-0.2, 0) is 10.0 Å². The molecule has 0 unspecified atom stereocenters. The van der Waals surface area contributed by atoms with Gasteiger partial charge in [-0.2, -0.15) is 0 Å². The van der Waals surface area contributed by atoms with E-state index in [1.807, 2.05) is 13.8 Å². The van der Waals surface area contributed by atoms with Gasteiger partial charge in [0.15, 0.2) is 0 Å². The van der Waals surface area contributed by atoms with Crippen LogP contribution >= 0.6 is 0 Å². The van der Waals surface area contributed by atoms with Gasteiger partial charge in [0.05, 0.1) is 17.5 Å². The standard InChI is InChI=1S/C21H23FN2O5S/c1-12(2)11-24(30(4,27)28)16-10-18-15(9-17(16)25)19(21(26)23-3)20(29-18)13-5-7-14(22)8-6-13/h5-10,12,25H,11H2,1-4H3,(H,23,26). The molecule has 160 valence electrons. The van der Waals surface area contributed by atoms with Gasteiger partial charge in [0.2, 0.25) is 10.0 Å². The highest BCUT2D eigenvalue weighted by atomic mass is 32.2. The van der Waals surface area contributed by atoms with E-state index in [1.165, 1.54) is 43.4 Å². The van der Waals surface area contributed by atoms with Crippen molar-refractivity contribution >= 4 is 32.6 Å². The van der Waals surface area contributed by atoms with Crippen molar-refractivity contribution in [1.82, 2.24) is 5.32 Å². The van der Waals surface area contributed by atoms with Crippen LogP contribution in [0.1, 0.15) is 24.2 Å². The number of halogens is 1. The van der Waals surface area contributed by atoms with E-state index in [4.69, 9.17) is 4.42 Å². The SMILES string of the molecule is CNC(=O)c1c(-c2ccc(F)cc2)oc2cc(N(CC(C)C)S(C)(=O)=O)c(O)cc12. The van der Waals surface area contributed by atoms with Crippen LogP contribution in [0.5, 0.6) is 5.75 Å². The Kier molecular flexibility index (Phi) is 5.76. The van der Waals surface area contributed by atoms with E-state index < -0.39 is 21.7 Å². The molecule has 9 heteroatoms. The largest absolute Gasteiger partial charge is 0.506 e. The number of furan rings is 1. The quantitative estimate of drug-likeness (QED) is 0.616. The lowest BCUT2D eigenvalue weighted by molar-refractivity contribution is 0.0964. The molecule has 0 spiro atoms. The summed E-state index contributed by atoms with van der Waals surface area (Å²) in [5.74, 6) is -1.00. The Labute approximate surface area is 174 Å². The molecule has 0 aliphatic rings. The van der Waals surface area contributed by atoms with Crippen molar-refractivity contribution in [2.45, 2.75) is 13.8 Å². The number of benzene rings is 2. The summed E-state index contributed by atoms with van der Waals surface area (Å²) in [5, 5.41) is 13.5. The number of phenolic OH excluding ortho intramolecular Hbond substituents is 1. The number of phenols is 1. The summed E-state index contributed by atoms with van der Waals surface area (Å²) in [7, 11) is -2.22. The Balaban J connectivity index is 2.28. The summed E-state index contributed by atoms with van der Waals surface area (Å²) in [6, 6.07) is 8.14. The van der Waals surface area contributed by atoms with Crippen LogP contribution in [0, 0.1) is 11.7 Å². The van der Waals surface area contributed by atoms with Gasteiger partial charge in [0, 0.05) is 30.6 Å². The maximum atomic E-state index is 13.3. The number of rotatable bonds is 6. The first kappa shape index (κ1) is 21.6. The lowest BCUT2D eigenvalue weighted by atomic mass is 10.0. The zero-order valence-corrected chi connectivity index (χ0v) is 17.9. The molecule has 3 rings (SSSR count). The van der Waals surface area contributed by atoms with E-state index in [0.717, 1.165) is 10.6 Å². The van der Waals surface area contributed by atoms with Crippen LogP contribution < -0.4 is 9.62 Å². The van der Waals surface area contributed by atoms with Gasteiger partial charge in [-0.1, -0.05) is 13.8 Å². The zero-order valence-electron chi connectivity index (χ0n) is 17.1. The third-order valence-electron chi connectivity index (χ3n) is 4.55. The third-order valence-corrected chi connectivity index (χ3v) is 5.69. The number of sulfonamides is 1. The molecule has 0 fully saturated rings. The molecule has 0 radical (unpaired) electrons. The van der Waals surface area contributed by atoms with Crippen molar-refractivity contribution in [3.05, 3.63) is 47.8 Å². The number of aromatic hydroxyl groups is 1. The number of carbonyl (C=O) groups is 1. The van der Waals surface area contributed by atoms with Gasteiger partial charge in [-0.05, 0) is 36.2 Å². The average Bonchev–Trinajstić information content (AvgIpc) is 3.02. The van der Waals surface area contributed by atoms with Crippen molar-refractivity contribution in [2.24, 2.45) is 5.92 Å². The molecule has 2 aromatic carbocycles. The predicted octanol–water partition coefficient (Wildman–Crippen LogP) is 3.73. The van der Waals surface area contributed by atoms with Crippen LogP contribution in [0.25, 0.3) is 22.3 Å². The maximum absolute atomic E-state index is 13.3. The fraction of sp³-hybridized carbons (Fsp3) is 0.286. The number of fused-ring (bicyclic) bond motifs is 1. The molecule has 2 N–H and O–H groups in total. The molecule has 30 heavy (non-hydrogen) atoms. The number of hydrogen-bond acceptors (Lipinski definition) is 5. The Morgan fingerprint density at radius 1 is 1.23 bits per heavy atom. The molecule has 0 aliphatic heterocycles. The maximum Gasteiger partial charge on any atom is 0.255 e. The molecule has 1 heterocycles. The van der Waals surface area contributed by atoms with Crippen LogP contribution in [0.3, 0.4) is 0 Å². The second-order valence-corrected chi connectivity index (χ2v) is 9.32. The molecule has 0 atom stereocenters. The lowest BCUT2D eigenvalue weighted by Crippen LogP contribution is -2.33. The number of hydrogen-bond donors (Lipinski definition) is 2. The number of anilines is 1. The highest BCUT2D eigenvalue weighted by Gasteiger charge is 2.27. The number of nitrogens with zero attached hydrogens (tertiary/aromatic N) is 1. The third kappa shape index (κ3) is 4.11. The first-order valence-electron chi connectivity index (χ1n) is 9.28. The minimum atomic E-state index is -3.67. The Bertz CT molecular complexity index is 1200. The number of carbonyl (C=O) groups excluding carboxylic acids is 1. The summed E-state index contributed by atoms with van der Waals surface area (Å²) in [6.45, 7) is 3.87. The van der Waals surface area contributed by atoms with Crippen molar-refractivity contribution in [3.63, 3.8) is 0 Å². The van der Waals surface area contributed by atoms with Crippen LogP contribution in [0.4, 0.5) is 10.1 Å². The van der Waals surface area contributed by atoms with Gasteiger partial charge < -0.3 is 14.8 Å². The number of nitrogens with one attached hydrogen (secondary N) is 1. The highest BCUT2D eigenvalue weighted by molar-refractivity contribution is 7.92. The predicted molar refractivity (Wildman–Crippen MR) is 114 cm³/mol. The smallest absolute Gasteiger partial charge is 0.255 e. The van der Waals surface area contributed by atoms with Gasteiger partial charge in [0.25, 0.3) is 5.91 Å². The molecular formula is C21H23FN2O5S. The molecule has 1 amide bonds. The van der Waals surface area contributed by atoms with Gasteiger partial charge in [-0.15, -0.1) is 0 Å². The van der Waals surface area contributed by atoms with Crippen LogP contribution in [-0.4, -0.2) is 39.3 Å². The van der Waals surface area contributed by atoms with E-state index >= 15 is 0 Å². The molecule has 0 saturated heterocycles. The summed E-state index contributed by atoms with van der Waals surface area (Å²) < 4.78 is 45.0. The molecule has 0 aliphatic carbocycles. The summed E-state index contributed by atoms with van der Waals surface area (Å²) in [6.07, 6.45) is 1.06. The van der Waals surface area contributed by atoms with E-state index in [1.54, 1.807) is 0 Å². The zero-order chi connectivity index (χ0) is 22.2. The van der Waals surface area contributed by atoms with Gasteiger partial charge >= 0.3 is 0 Å². The van der Waals surface area contributed by atoms with Crippen molar-refractivity contribution in [1.29, 1.82) is 0 Å². The minimum absolute atomic E-state index is 0.00243. The van der Waals surface area contributed by atoms with E-state index in [0.29, 0.717) is 10.9 Å². The van der Waals surface area contributed by atoms with Gasteiger partial charge in [0.1, 0.15) is 22.9 Å². The topological polar surface area (TPSA) is 99.9 Å². The van der Waals surface area contributed by atoms with Crippen LogP contribution in [0.2, 0.25) is 0 Å². The number of amides is 1. The Hall–Kier alpha value is -3.07. The minimum Gasteiger partial charge on any atom is -0.506 e. The van der Waals surface area contributed by atoms with Crippen molar-refractivity contribution in [3.8, 4) is 17.1 Å². The monoisotopic (exact) mass is 434 g/mol. The fourth-order valence-electron chi connectivity index (χ4n) is 3.22. The second kappa shape index (κ2) is 7.98. The summed E-state index contributed by atoms with van der Waals surface area (Å²) in [5.41, 5.74) is 0.907. The Morgan fingerprint density at radius 2 is 1.87 bits per heavy atom. The fourth-order valence-corrected chi connectivity index (χ4v) is 4.29. The second-order valence-electron chi connectivity index (χ2n) is 7.42. The first-order valence-corrected chi connectivity index (χ1v) is 11.1. The van der Waals surface area contributed by atoms with E-state index in [2.05, 4.69) is 5.32 Å². The van der Waals surface area contributed by atoms with Gasteiger partial charge in [-0.3, -0.25) is 9.10 Å². The molecule has 0 saturated carbocycles. The van der Waals surface area contributed by atoms with E-state index in [9.17, 15) is 22.7 Å². The van der Waals surface area contributed by atoms with E-state index in [-0.39, 0.29) is 40.8 Å². The van der Waals surface area contributed by atoms with Crippen LogP contribution in [0.15, 0.2) is 40.8 Å². The lowest BCUT2D eigenvalue weighted by Gasteiger charge is -2.25. The van der Waals surface area contributed by atoms with Gasteiger partial charge in [-0.25, -0.2) is 12.8 Å². The molecule has 0 bridgehead atoms. The molecule has 3 aromatic rings. The molecule has 7 nitrogen and oxygen atoms in total. The molecule has 1 aromatic heterocycles. The average molecular weight is 434 g/mol. The highest BCUT2D eigenvalue weighted by Crippen LogP contribution is 2.40. The van der Waals surface area contributed by atoms with Crippen molar-refractivity contribution in [2.75, 3.05) is 24.2 Å². The summed E-state index contributed by atoms with van der Waals surface area (Å²) in [4.78, 5) is 12.6. The Morgan fingerprint density at radius 3 is 2.40 bits per heavy atom. The molecular weight excluding hydrogens is 411 g/mol. The first-order chi connectivity index (χ1) is 14.0. The summed E-state index contributed by atoms with van der Waals surface area (Å²) >= 11 is 0.